The zero-order valence-electron chi connectivity index (χ0n) is 6.35. The molecule has 0 aliphatic heterocycles. The Bertz CT molecular complexity index is 127. The molecule has 0 spiro atoms. The van der Waals surface area contributed by atoms with Gasteiger partial charge < -0.3 is 16.2 Å². The Hall–Kier alpha value is -0.610. The van der Waals surface area contributed by atoms with Crippen molar-refractivity contribution < 1.29 is 9.90 Å². The minimum Gasteiger partial charge on any atom is -0.394 e. The lowest BCUT2D eigenvalue weighted by molar-refractivity contribution is -0.125. The molecule has 0 radical (unpaired) electrons. The summed E-state index contributed by atoms with van der Waals surface area (Å²) in [6.45, 7) is 3.76. The predicted molar refractivity (Wildman–Crippen MR) is 38.4 cm³/mol. The summed E-state index contributed by atoms with van der Waals surface area (Å²) in [4.78, 5) is 10.6. The quantitative estimate of drug-likeness (QED) is 0.468. The van der Waals surface area contributed by atoms with E-state index in [2.05, 4.69) is 5.32 Å². The van der Waals surface area contributed by atoms with Gasteiger partial charge in [0.05, 0.1) is 6.61 Å². The molecule has 0 aliphatic rings. The second-order valence-electron chi connectivity index (χ2n) is 2.38. The topological polar surface area (TPSA) is 75.3 Å². The minimum atomic E-state index is -0.964. The number of carbonyl (C=O) groups excluding carboxylic acids is 1. The first-order chi connectivity index (χ1) is 4.56. The van der Waals surface area contributed by atoms with E-state index in [4.69, 9.17) is 10.8 Å². The number of primary amides is 1. The van der Waals surface area contributed by atoms with Gasteiger partial charge in [-0.1, -0.05) is 6.92 Å². The molecule has 60 valence electrons. The van der Waals surface area contributed by atoms with Gasteiger partial charge in [-0.15, -0.1) is 0 Å². The van der Waals surface area contributed by atoms with Crippen LogP contribution in [-0.2, 0) is 4.79 Å². The first-order valence-electron chi connectivity index (χ1n) is 3.22. The molecule has 0 saturated heterocycles. The number of carbonyl (C=O) groups is 1. The van der Waals surface area contributed by atoms with Crippen LogP contribution in [0.1, 0.15) is 13.8 Å². The van der Waals surface area contributed by atoms with Gasteiger partial charge >= 0.3 is 0 Å². The Labute approximate surface area is 60.4 Å². The highest BCUT2D eigenvalue weighted by Gasteiger charge is 2.28. The van der Waals surface area contributed by atoms with E-state index in [0.29, 0.717) is 6.54 Å². The summed E-state index contributed by atoms with van der Waals surface area (Å²) in [5, 5.41) is 11.5. The third kappa shape index (κ3) is 1.97. The van der Waals surface area contributed by atoms with E-state index in [-0.39, 0.29) is 6.61 Å². The molecular formula is C6H14N2O2. The second-order valence-corrected chi connectivity index (χ2v) is 2.38. The van der Waals surface area contributed by atoms with Gasteiger partial charge in [0.2, 0.25) is 5.91 Å². The molecule has 1 amide bonds. The largest absolute Gasteiger partial charge is 0.394 e. The van der Waals surface area contributed by atoms with Crippen LogP contribution in [0.4, 0.5) is 0 Å². The lowest BCUT2D eigenvalue weighted by Gasteiger charge is -2.23. The Morgan fingerprint density at radius 3 is 2.40 bits per heavy atom. The fourth-order valence-corrected chi connectivity index (χ4v) is 0.611. The van der Waals surface area contributed by atoms with Crippen LogP contribution in [0, 0.1) is 0 Å². The van der Waals surface area contributed by atoms with Crippen LogP contribution < -0.4 is 11.1 Å². The van der Waals surface area contributed by atoms with Crippen LogP contribution in [0.5, 0.6) is 0 Å². The van der Waals surface area contributed by atoms with Crippen molar-refractivity contribution >= 4 is 5.91 Å². The molecule has 4 heteroatoms. The SMILES string of the molecule is CCNC(C)(CO)C(N)=O. The third-order valence-corrected chi connectivity index (χ3v) is 1.43. The average Bonchev–Trinajstić information content (AvgIpc) is 1.88. The molecule has 0 heterocycles. The van der Waals surface area contributed by atoms with Crippen molar-refractivity contribution in [2.24, 2.45) is 5.73 Å². The van der Waals surface area contributed by atoms with E-state index < -0.39 is 11.4 Å². The fourth-order valence-electron chi connectivity index (χ4n) is 0.611. The van der Waals surface area contributed by atoms with Crippen molar-refractivity contribution in [1.82, 2.24) is 5.32 Å². The summed E-state index contributed by atoms with van der Waals surface area (Å²) in [6, 6.07) is 0. The maximum Gasteiger partial charge on any atom is 0.239 e. The van der Waals surface area contributed by atoms with Crippen molar-refractivity contribution in [3.63, 3.8) is 0 Å². The minimum absolute atomic E-state index is 0.268. The fraction of sp³-hybridized carbons (Fsp3) is 0.833. The average molecular weight is 146 g/mol. The van der Waals surface area contributed by atoms with Crippen molar-refractivity contribution in [3.05, 3.63) is 0 Å². The number of rotatable bonds is 4. The highest BCUT2D eigenvalue weighted by molar-refractivity contribution is 5.84. The molecule has 0 rings (SSSR count). The highest BCUT2D eigenvalue weighted by atomic mass is 16.3. The molecule has 0 aliphatic carbocycles. The first kappa shape index (κ1) is 9.39. The highest BCUT2D eigenvalue weighted by Crippen LogP contribution is 1.99. The molecule has 4 N–H and O–H groups in total. The van der Waals surface area contributed by atoms with E-state index in [1.54, 1.807) is 6.92 Å². The summed E-state index contributed by atoms with van der Waals surface area (Å²) in [5.74, 6) is -0.531. The Balaban J connectivity index is 4.08. The lowest BCUT2D eigenvalue weighted by atomic mass is 10.0. The van der Waals surface area contributed by atoms with Gasteiger partial charge in [0.1, 0.15) is 5.54 Å². The monoisotopic (exact) mass is 146 g/mol. The van der Waals surface area contributed by atoms with Gasteiger partial charge in [-0.2, -0.15) is 0 Å². The van der Waals surface area contributed by atoms with E-state index in [9.17, 15) is 4.79 Å². The molecule has 0 bridgehead atoms. The number of nitrogens with two attached hydrogens (primary N) is 1. The van der Waals surface area contributed by atoms with Gasteiger partial charge in [0, 0.05) is 0 Å². The standard InChI is InChI=1S/C6H14N2O2/c1-3-8-6(2,4-9)5(7)10/h8-9H,3-4H2,1-2H3,(H2,7,10). The first-order valence-corrected chi connectivity index (χ1v) is 3.22. The number of aliphatic hydroxyl groups excluding tert-OH is 1. The van der Waals surface area contributed by atoms with Crippen LogP contribution in [0.15, 0.2) is 0 Å². The third-order valence-electron chi connectivity index (χ3n) is 1.43. The molecule has 0 aromatic carbocycles. The molecule has 0 aromatic rings. The molecule has 10 heavy (non-hydrogen) atoms. The van der Waals surface area contributed by atoms with E-state index in [1.165, 1.54) is 0 Å². The summed E-state index contributed by atoms with van der Waals surface area (Å²) < 4.78 is 0. The van der Waals surface area contributed by atoms with Crippen LogP contribution in [0.25, 0.3) is 0 Å². The van der Waals surface area contributed by atoms with Gasteiger partial charge in [0.15, 0.2) is 0 Å². The Morgan fingerprint density at radius 2 is 2.30 bits per heavy atom. The maximum atomic E-state index is 10.6. The number of hydrogen-bond acceptors (Lipinski definition) is 3. The molecule has 0 saturated carbocycles. The summed E-state index contributed by atoms with van der Waals surface area (Å²) in [6.07, 6.45) is 0. The van der Waals surface area contributed by atoms with Gasteiger partial charge in [0.25, 0.3) is 0 Å². The van der Waals surface area contributed by atoms with Crippen LogP contribution in [-0.4, -0.2) is 29.7 Å². The lowest BCUT2D eigenvalue weighted by Crippen LogP contribution is -2.55. The smallest absolute Gasteiger partial charge is 0.239 e. The molecular weight excluding hydrogens is 132 g/mol. The Kier molecular flexibility index (Phi) is 3.32. The zero-order chi connectivity index (χ0) is 8.20. The normalized spacial score (nSPS) is 16.3. The van der Waals surface area contributed by atoms with E-state index in [1.807, 2.05) is 6.92 Å². The van der Waals surface area contributed by atoms with Gasteiger partial charge in [-0.3, -0.25) is 4.79 Å². The van der Waals surface area contributed by atoms with Crippen LogP contribution in [0.2, 0.25) is 0 Å². The summed E-state index contributed by atoms with van der Waals surface area (Å²) >= 11 is 0. The second kappa shape index (κ2) is 3.53. The van der Waals surface area contributed by atoms with Crippen molar-refractivity contribution in [1.29, 1.82) is 0 Å². The number of nitrogens with one attached hydrogen (secondary N) is 1. The summed E-state index contributed by atoms with van der Waals surface area (Å²) in [7, 11) is 0. The van der Waals surface area contributed by atoms with Gasteiger partial charge in [-0.25, -0.2) is 0 Å². The number of amides is 1. The molecule has 1 atom stereocenters. The molecule has 0 fully saturated rings. The van der Waals surface area contributed by atoms with E-state index in [0.717, 1.165) is 0 Å². The van der Waals surface area contributed by atoms with E-state index >= 15 is 0 Å². The van der Waals surface area contributed by atoms with Crippen molar-refractivity contribution in [2.75, 3.05) is 13.2 Å². The number of likely N-dealkylation sites (N-methyl/N-ethyl adjacent to an activating group) is 1. The zero-order valence-corrected chi connectivity index (χ0v) is 6.35. The van der Waals surface area contributed by atoms with Crippen molar-refractivity contribution in [3.8, 4) is 0 Å². The maximum absolute atomic E-state index is 10.6. The predicted octanol–water partition coefficient (Wildman–Crippen LogP) is -1.17. The van der Waals surface area contributed by atoms with Gasteiger partial charge in [-0.05, 0) is 13.5 Å². The molecule has 4 nitrogen and oxygen atoms in total. The number of hydrogen-bond donors (Lipinski definition) is 3. The molecule has 1 unspecified atom stereocenters. The Morgan fingerprint density at radius 1 is 1.80 bits per heavy atom. The molecule has 0 aromatic heterocycles. The van der Waals surface area contributed by atoms with Crippen LogP contribution in [0.3, 0.4) is 0 Å². The van der Waals surface area contributed by atoms with Crippen LogP contribution >= 0.6 is 0 Å². The number of aliphatic hydroxyl groups is 1. The summed E-state index contributed by atoms with van der Waals surface area (Å²) in [5.41, 5.74) is 4.04. The van der Waals surface area contributed by atoms with Crippen molar-refractivity contribution in [2.45, 2.75) is 19.4 Å².